The molecule has 0 atom stereocenters. The van der Waals surface area contributed by atoms with E-state index in [1.807, 2.05) is 18.2 Å². The van der Waals surface area contributed by atoms with Gasteiger partial charge in [0.2, 0.25) is 5.91 Å². The van der Waals surface area contributed by atoms with Crippen LogP contribution in [0.15, 0.2) is 48.5 Å². The van der Waals surface area contributed by atoms with Crippen molar-refractivity contribution in [2.75, 3.05) is 29.6 Å². The lowest BCUT2D eigenvalue weighted by Crippen LogP contribution is -2.22. The molecule has 0 fully saturated rings. The highest BCUT2D eigenvalue weighted by Gasteiger charge is 2.11. The number of carbonyl (C=O) groups is 2. The number of amides is 3. The van der Waals surface area contributed by atoms with Crippen molar-refractivity contribution in [3.8, 4) is 5.75 Å². The third kappa shape index (κ3) is 4.99. The average Bonchev–Trinajstić information content (AvgIpc) is 2.57. The van der Waals surface area contributed by atoms with Crippen LogP contribution in [0.25, 0.3) is 0 Å². The first-order chi connectivity index (χ1) is 11.6. The van der Waals surface area contributed by atoms with Gasteiger partial charge >= 0.3 is 6.03 Å². The third-order valence-corrected chi connectivity index (χ3v) is 3.15. The second kappa shape index (κ2) is 8.54. The van der Waals surface area contributed by atoms with Gasteiger partial charge in [0.15, 0.2) is 0 Å². The van der Waals surface area contributed by atoms with Gasteiger partial charge in [0.25, 0.3) is 0 Å². The van der Waals surface area contributed by atoms with E-state index >= 15 is 0 Å². The molecule has 0 saturated heterocycles. The summed E-state index contributed by atoms with van der Waals surface area (Å²) in [6.45, 7) is 0.243. The van der Waals surface area contributed by atoms with E-state index in [2.05, 4.69) is 16.0 Å². The fourth-order valence-electron chi connectivity index (χ4n) is 2.01. The molecule has 0 aliphatic rings. The Labute approximate surface area is 140 Å². The van der Waals surface area contributed by atoms with E-state index in [9.17, 15) is 9.59 Å². The number of ether oxygens (including phenoxy) is 1. The van der Waals surface area contributed by atoms with E-state index < -0.39 is 6.03 Å². The molecule has 7 nitrogen and oxygen atoms in total. The van der Waals surface area contributed by atoms with E-state index in [4.69, 9.17) is 10.5 Å². The van der Waals surface area contributed by atoms with Crippen LogP contribution >= 0.6 is 0 Å². The van der Waals surface area contributed by atoms with Crippen molar-refractivity contribution in [1.29, 1.82) is 0 Å². The fourth-order valence-corrected chi connectivity index (χ4v) is 2.01. The first-order valence-corrected chi connectivity index (χ1v) is 7.43. The van der Waals surface area contributed by atoms with Crippen LogP contribution in [-0.2, 0) is 4.79 Å². The Hall–Kier alpha value is -3.06. The predicted molar refractivity (Wildman–Crippen MR) is 94.4 cm³/mol. The van der Waals surface area contributed by atoms with Gasteiger partial charge in [0.1, 0.15) is 5.75 Å². The summed E-state index contributed by atoms with van der Waals surface area (Å²) >= 11 is 0. The van der Waals surface area contributed by atoms with Gasteiger partial charge in [0, 0.05) is 24.7 Å². The molecule has 0 aromatic heterocycles. The van der Waals surface area contributed by atoms with Gasteiger partial charge in [-0.3, -0.25) is 4.79 Å². The van der Waals surface area contributed by atoms with Crippen LogP contribution in [0.2, 0.25) is 0 Å². The number of nitrogens with two attached hydrogens (primary N) is 1. The Bertz CT molecular complexity index is 704. The molecule has 3 amide bonds. The quantitative estimate of drug-likeness (QED) is 0.654. The smallest absolute Gasteiger partial charge is 0.323 e. The van der Waals surface area contributed by atoms with Gasteiger partial charge in [-0.2, -0.15) is 0 Å². The molecule has 126 valence electrons. The molecule has 0 aliphatic carbocycles. The molecule has 2 aromatic carbocycles. The number of methoxy groups -OCH3 is 1. The predicted octanol–water partition coefficient (Wildman–Crippen LogP) is 2.63. The number of rotatable bonds is 6. The summed E-state index contributed by atoms with van der Waals surface area (Å²) in [4.78, 5) is 23.9. The van der Waals surface area contributed by atoms with Crippen molar-refractivity contribution in [1.82, 2.24) is 0 Å². The first kappa shape index (κ1) is 17.3. The number of carbonyl (C=O) groups excluding carboxylic acids is 2. The third-order valence-electron chi connectivity index (χ3n) is 3.15. The highest BCUT2D eigenvalue weighted by molar-refractivity contribution is 6.04. The Kier molecular flexibility index (Phi) is 6.16. The molecular formula is C17H20N4O3. The number of benzene rings is 2. The lowest BCUT2D eigenvalue weighted by atomic mass is 10.2. The van der Waals surface area contributed by atoms with Crippen LogP contribution < -0.4 is 26.4 Å². The van der Waals surface area contributed by atoms with Crippen LogP contribution in [0.4, 0.5) is 21.9 Å². The highest BCUT2D eigenvalue weighted by atomic mass is 16.5. The zero-order valence-electron chi connectivity index (χ0n) is 13.3. The van der Waals surface area contributed by atoms with Gasteiger partial charge in [-0.25, -0.2) is 4.79 Å². The summed E-state index contributed by atoms with van der Waals surface area (Å²) in [5, 5.41) is 8.13. The molecular weight excluding hydrogens is 308 g/mol. The number of para-hydroxylation sites is 1. The minimum absolute atomic E-state index is 0.187. The molecule has 24 heavy (non-hydrogen) atoms. The second-order valence-electron chi connectivity index (χ2n) is 4.94. The summed E-state index contributed by atoms with van der Waals surface area (Å²) in [6, 6.07) is 13.6. The van der Waals surface area contributed by atoms with Crippen LogP contribution in [0, 0.1) is 0 Å². The maximum Gasteiger partial charge on any atom is 0.323 e. The van der Waals surface area contributed by atoms with E-state index in [0.717, 1.165) is 0 Å². The van der Waals surface area contributed by atoms with Gasteiger partial charge in [-0.05, 0) is 24.3 Å². The normalized spacial score (nSPS) is 9.92. The minimum Gasteiger partial charge on any atom is -0.497 e. The first-order valence-electron chi connectivity index (χ1n) is 7.43. The standard InChI is InChI=1S/C17H20N4O3/c1-24-13-7-8-14(15(11-13)20-16(22)9-10-18)21-17(23)19-12-5-3-2-4-6-12/h2-8,11H,9-10,18H2,1H3,(H,20,22)(H2,19,21,23). The molecule has 5 N–H and O–H groups in total. The second-order valence-corrected chi connectivity index (χ2v) is 4.94. The Balaban J connectivity index is 2.12. The Morgan fingerprint density at radius 3 is 2.42 bits per heavy atom. The molecule has 0 bridgehead atoms. The van der Waals surface area contributed by atoms with E-state index in [0.29, 0.717) is 22.8 Å². The zero-order chi connectivity index (χ0) is 17.4. The maximum absolute atomic E-state index is 12.1. The summed E-state index contributed by atoms with van der Waals surface area (Å²) in [7, 11) is 1.52. The van der Waals surface area contributed by atoms with Crippen molar-refractivity contribution in [3.05, 3.63) is 48.5 Å². The highest BCUT2D eigenvalue weighted by Crippen LogP contribution is 2.27. The van der Waals surface area contributed by atoms with Crippen molar-refractivity contribution >= 4 is 29.0 Å². The van der Waals surface area contributed by atoms with Crippen LogP contribution in [0.5, 0.6) is 5.75 Å². The monoisotopic (exact) mass is 328 g/mol. The molecule has 0 radical (unpaired) electrons. The molecule has 0 spiro atoms. The van der Waals surface area contributed by atoms with Gasteiger partial charge in [0.05, 0.1) is 18.5 Å². The lowest BCUT2D eigenvalue weighted by Gasteiger charge is -2.14. The Morgan fingerprint density at radius 1 is 1.00 bits per heavy atom. The average molecular weight is 328 g/mol. The number of anilines is 3. The number of hydrogen-bond donors (Lipinski definition) is 4. The maximum atomic E-state index is 12.1. The minimum atomic E-state index is -0.416. The SMILES string of the molecule is COc1ccc(NC(=O)Nc2ccccc2)c(NC(=O)CCN)c1. The van der Waals surface area contributed by atoms with Gasteiger partial charge in [-0.15, -0.1) is 0 Å². The molecule has 7 heteroatoms. The molecule has 0 unspecified atom stereocenters. The van der Waals surface area contributed by atoms with Gasteiger partial charge < -0.3 is 26.4 Å². The molecule has 0 aliphatic heterocycles. The number of urea groups is 1. The summed E-state index contributed by atoms with van der Waals surface area (Å²) in [5.74, 6) is 0.323. The summed E-state index contributed by atoms with van der Waals surface area (Å²) in [6.07, 6.45) is 0.187. The number of hydrogen-bond acceptors (Lipinski definition) is 4. The Morgan fingerprint density at radius 2 is 1.75 bits per heavy atom. The van der Waals surface area contributed by atoms with Crippen molar-refractivity contribution < 1.29 is 14.3 Å². The van der Waals surface area contributed by atoms with Crippen molar-refractivity contribution in [2.24, 2.45) is 5.73 Å². The number of nitrogens with one attached hydrogen (secondary N) is 3. The van der Waals surface area contributed by atoms with E-state index in [1.54, 1.807) is 30.3 Å². The van der Waals surface area contributed by atoms with Crippen LogP contribution in [0.1, 0.15) is 6.42 Å². The van der Waals surface area contributed by atoms with E-state index in [1.165, 1.54) is 7.11 Å². The summed E-state index contributed by atoms with van der Waals surface area (Å²) in [5.41, 5.74) is 6.94. The van der Waals surface area contributed by atoms with Crippen LogP contribution in [-0.4, -0.2) is 25.6 Å². The molecule has 2 aromatic rings. The zero-order valence-corrected chi connectivity index (χ0v) is 13.3. The molecule has 0 heterocycles. The summed E-state index contributed by atoms with van der Waals surface area (Å²) < 4.78 is 5.15. The largest absolute Gasteiger partial charge is 0.497 e. The van der Waals surface area contributed by atoms with Gasteiger partial charge in [-0.1, -0.05) is 18.2 Å². The van der Waals surface area contributed by atoms with Crippen molar-refractivity contribution in [2.45, 2.75) is 6.42 Å². The fraction of sp³-hybridized carbons (Fsp3) is 0.176. The lowest BCUT2D eigenvalue weighted by molar-refractivity contribution is -0.116. The van der Waals surface area contributed by atoms with E-state index in [-0.39, 0.29) is 18.9 Å². The van der Waals surface area contributed by atoms with Crippen molar-refractivity contribution in [3.63, 3.8) is 0 Å². The molecule has 2 rings (SSSR count). The molecule has 0 saturated carbocycles. The van der Waals surface area contributed by atoms with Crippen LogP contribution in [0.3, 0.4) is 0 Å². The topological polar surface area (TPSA) is 105 Å².